The molecule has 2 fully saturated rings. The van der Waals surface area contributed by atoms with E-state index in [4.69, 9.17) is 9.47 Å². The Balaban J connectivity index is 1.63. The van der Waals surface area contributed by atoms with E-state index in [0.29, 0.717) is 36.4 Å². The largest absolute Gasteiger partial charge is 0.462 e. The third kappa shape index (κ3) is 5.28. The number of nitrogens with zero attached hydrogens (tertiary/aromatic N) is 2. The lowest BCUT2D eigenvalue weighted by Crippen LogP contribution is -2.36. The third-order valence-corrected chi connectivity index (χ3v) is 6.49. The number of amides is 1. The molecule has 1 saturated carbocycles. The Morgan fingerprint density at radius 2 is 1.94 bits per heavy atom. The van der Waals surface area contributed by atoms with Gasteiger partial charge in [-0.15, -0.1) is 0 Å². The van der Waals surface area contributed by atoms with Crippen molar-refractivity contribution in [1.82, 2.24) is 9.72 Å². The quantitative estimate of drug-likeness (QED) is 0.616. The van der Waals surface area contributed by atoms with Gasteiger partial charge in [-0.05, 0) is 82.9 Å². The molecule has 1 aliphatic heterocycles. The summed E-state index contributed by atoms with van der Waals surface area (Å²) < 4.78 is 27.1. The van der Waals surface area contributed by atoms with E-state index in [9.17, 15) is 14.4 Å². The molecular formula is C26H34FN3O5. The molecule has 8 nitrogen and oxygen atoms in total. The lowest BCUT2D eigenvalue weighted by atomic mass is 10.0. The molecule has 190 valence electrons. The summed E-state index contributed by atoms with van der Waals surface area (Å²) >= 11 is 0. The van der Waals surface area contributed by atoms with Crippen LogP contribution in [-0.4, -0.2) is 48.3 Å². The average Bonchev–Trinajstić information content (AvgIpc) is 3.50. The van der Waals surface area contributed by atoms with Crippen LogP contribution in [0.3, 0.4) is 0 Å². The number of carbonyl (C=O) groups is 2. The smallest absolute Gasteiger partial charge is 0.407 e. The molecule has 2 aromatic heterocycles. The van der Waals surface area contributed by atoms with Crippen molar-refractivity contribution in [2.24, 2.45) is 5.92 Å². The number of carbonyl (C=O) groups excluding carboxylic acids is 2. The van der Waals surface area contributed by atoms with E-state index in [1.165, 1.54) is 10.6 Å². The highest BCUT2D eigenvalue weighted by atomic mass is 19.1. The van der Waals surface area contributed by atoms with Crippen molar-refractivity contribution in [2.75, 3.05) is 31.1 Å². The van der Waals surface area contributed by atoms with Gasteiger partial charge in [-0.2, -0.15) is 0 Å². The van der Waals surface area contributed by atoms with Crippen LogP contribution in [0.2, 0.25) is 0 Å². The van der Waals surface area contributed by atoms with Crippen LogP contribution >= 0.6 is 0 Å². The van der Waals surface area contributed by atoms with Crippen molar-refractivity contribution in [3.63, 3.8) is 0 Å². The summed E-state index contributed by atoms with van der Waals surface area (Å²) in [5.74, 6) is -0.814. The summed E-state index contributed by atoms with van der Waals surface area (Å²) in [6.07, 6.45) is 3.45. The van der Waals surface area contributed by atoms with Gasteiger partial charge in [-0.25, -0.2) is 14.0 Å². The van der Waals surface area contributed by atoms with Crippen LogP contribution in [0.1, 0.15) is 74.4 Å². The molecule has 2 aliphatic rings. The Kier molecular flexibility index (Phi) is 6.79. The maximum atomic E-state index is 15.5. The number of anilines is 1. The van der Waals surface area contributed by atoms with Gasteiger partial charge in [-0.3, -0.25) is 9.20 Å². The van der Waals surface area contributed by atoms with Crippen molar-refractivity contribution < 1.29 is 23.5 Å². The molecule has 3 heterocycles. The summed E-state index contributed by atoms with van der Waals surface area (Å²) in [7, 11) is 0. The highest BCUT2D eigenvalue weighted by Gasteiger charge is 2.32. The molecule has 35 heavy (non-hydrogen) atoms. The minimum Gasteiger partial charge on any atom is -0.462 e. The van der Waals surface area contributed by atoms with E-state index in [1.807, 2.05) is 32.6 Å². The molecule has 0 bridgehead atoms. The lowest BCUT2D eigenvalue weighted by molar-refractivity contribution is 0.0511. The molecule has 0 spiro atoms. The lowest BCUT2D eigenvalue weighted by Gasteiger charge is -2.24. The van der Waals surface area contributed by atoms with Gasteiger partial charge in [0.25, 0.3) is 5.56 Å². The molecule has 0 unspecified atom stereocenters. The molecule has 0 radical (unpaired) electrons. The molecule has 4 rings (SSSR count). The van der Waals surface area contributed by atoms with E-state index >= 15 is 4.39 Å². The number of esters is 1. The Hall–Kier alpha value is -3.10. The number of hydrogen-bond donors (Lipinski definition) is 1. The molecule has 9 heteroatoms. The topological polar surface area (TPSA) is 89.3 Å². The number of nitrogens with one attached hydrogen (secondary N) is 1. The SMILES string of the molecule is CCOC(=O)c1cc(C2CC2)c2c(C)c(N3CC[C@H](CNC(=O)OC(C)(C)C)C3)c(F)cn2c1=O. The van der Waals surface area contributed by atoms with Crippen molar-refractivity contribution in [1.29, 1.82) is 0 Å². The van der Waals surface area contributed by atoms with Crippen molar-refractivity contribution in [3.05, 3.63) is 45.1 Å². The van der Waals surface area contributed by atoms with Crippen LogP contribution in [0.4, 0.5) is 14.9 Å². The number of rotatable bonds is 6. The normalized spacial score (nSPS) is 18.1. The van der Waals surface area contributed by atoms with Crippen molar-refractivity contribution >= 4 is 23.3 Å². The second kappa shape index (κ2) is 9.51. The van der Waals surface area contributed by atoms with Crippen LogP contribution < -0.4 is 15.8 Å². The van der Waals surface area contributed by atoms with Crippen LogP contribution in [-0.2, 0) is 9.47 Å². The zero-order valence-electron chi connectivity index (χ0n) is 21.1. The predicted molar refractivity (Wildman–Crippen MR) is 131 cm³/mol. The fourth-order valence-corrected chi connectivity index (χ4v) is 4.84. The summed E-state index contributed by atoms with van der Waals surface area (Å²) in [6, 6.07) is 1.64. The Morgan fingerprint density at radius 3 is 2.57 bits per heavy atom. The standard InChI is InChI=1S/C26H34FN3O5/c1-6-34-24(32)19-11-18(17-7-8-17)21-15(2)22(20(27)14-30(21)23(19)31)29-10-9-16(13-29)12-28-25(33)35-26(3,4)5/h11,14,16-17H,6-10,12-13H2,1-5H3,(H,28,33)/t16-/m1/s1. The van der Waals surface area contributed by atoms with Crippen LogP contribution in [0.5, 0.6) is 0 Å². The maximum Gasteiger partial charge on any atom is 0.407 e. The third-order valence-electron chi connectivity index (χ3n) is 6.49. The fraction of sp³-hybridized carbons (Fsp3) is 0.577. The minimum atomic E-state index is -0.684. The van der Waals surface area contributed by atoms with E-state index < -0.39 is 29.0 Å². The summed E-state index contributed by atoms with van der Waals surface area (Å²) in [5.41, 5.74) is 1.49. The van der Waals surface area contributed by atoms with Crippen molar-refractivity contribution in [3.8, 4) is 0 Å². The zero-order chi connectivity index (χ0) is 25.5. The van der Waals surface area contributed by atoms with E-state index in [1.54, 1.807) is 13.0 Å². The molecule has 1 amide bonds. The van der Waals surface area contributed by atoms with Gasteiger partial charge >= 0.3 is 12.1 Å². The maximum absolute atomic E-state index is 15.5. The number of halogens is 1. The average molecular weight is 488 g/mol. The molecule has 2 aromatic rings. The molecule has 1 aliphatic carbocycles. The van der Waals surface area contributed by atoms with Crippen LogP contribution in [0, 0.1) is 18.7 Å². The number of ether oxygens (including phenoxy) is 2. The Morgan fingerprint density at radius 1 is 1.23 bits per heavy atom. The number of fused-ring (bicyclic) bond motifs is 1. The summed E-state index contributed by atoms with van der Waals surface area (Å²) in [4.78, 5) is 39.5. The number of hydrogen-bond acceptors (Lipinski definition) is 6. The molecule has 1 N–H and O–H groups in total. The molecule has 1 atom stereocenters. The summed E-state index contributed by atoms with van der Waals surface area (Å²) in [6.45, 7) is 10.8. The van der Waals surface area contributed by atoms with Crippen LogP contribution in [0.15, 0.2) is 17.1 Å². The van der Waals surface area contributed by atoms with E-state index in [2.05, 4.69) is 5.32 Å². The number of aryl methyl sites for hydroxylation is 1. The van der Waals surface area contributed by atoms with Gasteiger partial charge in [-0.1, -0.05) is 0 Å². The first-order valence-corrected chi connectivity index (χ1v) is 12.3. The van der Waals surface area contributed by atoms with Gasteiger partial charge in [0, 0.05) is 19.6 Å². The first-order chi connectivity index (χ1) is 16.5. The Labute approximate surface area is 204 Å². The molecular weight excluding hydrogens is 453 g/mol. The zero-order valence-corrected chi connectivity index (χ0v) is 21.1. The van der Waals surface area contributed by atoms with E-state index in [-0.39, 0.29) is 24.0 Å². The fourth-order valence-electron chi connectivity index (χ4n) is 4.84. The van der Waals surface area contributed by atoms with Gasteiger partial charge in [0.2, 0.25) is 0 Å². The summed E-state index contributed by atoms with van der Waals surface area (Å²) in [5, 5.41) is 2.81. The number of aromatic nitrogens is 1. The van der Waals surface area contributed by atoms with Crippen molar-refractivity contribution in [2.45, 2.75) is 65.4 Å². The van der Waals surface area contributed by atoms with Crippen LogP contribution in [0.25, 0.3) is 5.52 Å². The monoisotopic (exact) mass is 487 g/mol. The van der Waals surface area contributed by atoms with Gasteiger partial charge in [0.15, 0.2) is 5.82 Å². The Bertz CT molecular complexity index is 1210. The first kappa shape index (κ1) is 25.0. The highest BCUT2D eigenvalue weighted by molar-refractivity contribution is 5.90. The van der Waals surface area contributed by atoms with Gasteiger partial charge in [0.05, 0.1) is 24.0 Å². The second-order valence-corrected chi connectivity index (χ2v) is 10.5. The van der Waals surface area contributed by atoms with E-state index in [0.717, 1.165) is 24.8 Å². The van der Waals surface area contributed by atoms with Gasteiger partial charge < -0.3 is 19.7 Å². The first-order valence-electron chi connectivity index (χ1n) is 12.3. The predicted octanol–water partition coefficient (Wildman–Crippen LogP) is 4.15. The van der Waals surface area contributed by atoms with Gasteiger partial charge in [0.1, 0.15) is 11.2 Å². The second-order valence-electron chi connectivity index (χ2n) is 10.5. The molecule has 0 aromatic carbocycles. The highest BCUT2D eigenvalue weighted by Crippen LogP contribution is 2.44. The number of pyridine rings is 2. The molecule has 1 saturated heterocycles. The minimum absolute atomic E-state index is 0.0627. The number of alkyl carbamates (subject to hydrolysis) is 1.